The summed E-state index contributed by atoms with van der Waals surface area (Å²) in [4.78, 5) is 27.7. The topological polar surface area (TPSA) is 96.0 Å². The van der Waals surface area contributed by atoms with Crippen LogP contribution in [0.15, 0.2) is 42.5 Å². The summed E-state index contributed by atoms with van der Waals surface area (Å²) in [6, 6.07) is 12.3. The van der Waals surface area contributed by atoms with Gasteiger partial charge in [0.15, 0.2) is 0 Å². The second kappa shape index (κ2) is 13.3. The molecule has 36 heavy (non-hydrogen) atoms. The number of benzene rings is 2. The van der Waals surface area contributed by atoms with Crippen LogP contribution in [0, 0.1) is 13.8 Å². The molecule has 1 N–H and O–H groups in total. The van der Waals surface area contributed by atoms with Gasteiger partial charge in [-0.3, -0.25) is 13.9 Å². The zero-order valence-corrected chi connectivity index (χ0v) is 23.0. The highest BCUT2D eigenvalue weighted by Gasteiger charge is 2.28. The van der Waals surface area contributed by atoms with Gasteiger partial charge in [0.1, 0.15) is 11.8 Å². The number of anilines is 1. The Morgan fingerprint density at radius 1 is 1.03 bits per heavy atom. The number of carbonyl (C=O) groups is 2. The van der Waals surface area contributed by atoms with E-state index in [9.17, 15) is 18.0 Å². The van der Waals surface area contributed by atoms with E-state index in [2.05, 4.69) is 5.32 Å². The first-order valence-electron chi connectivity index (χ1n) is 12.3. The summed E-state index contributed by atoms with van der Waals surface area (Å²) in [5.41, 5.74) is 3.53. The lowest BCUT2D eigenvalue weighted by atomic mass is 10.1. The number of carbonyl (C=O) groups excluding carboxylic acids is 2. The molecule has 2 rings (SSSR count). The lowest BCUT2D eigenvalue weighted by Gasteiger charge is -2.31. The minimum atomic E-state index is -3.53. The van der Waals surface area contributed by atoms with Crippen LogP contribution in [0.2, 0.25) is 0 Å². The maximum Gasteiger partial charge on any atom is 0.242 e. The number of nitrogens with zero attached hydrogens (tertiary/aromatic N) is 2. The van der Waals surface area contributed by atoms with Gasteiger partial charge in [0.25, 0.3) is 0 Å². The van der Waals surface area contributed by atoms with E-state index in [1.807, 2.05) is 64.1 Å². The van der Waals surface area contributed by atoms with Crippen LogP contribution in [0.4, 0.5) is 5.69 Å². The molecule has 0 unspecified atom stereocenters. The average Bonchev–Trinajstić information content (AvgIpc) is 2.83. The predicted octanol–water partition coefficient (Wildman–Crippen LogP) is 3.80. The van der Waals surface area contributed by atoms with E-state index in [0.717, 1.165) is 16.7 Å². The van der Waals surface area contributed by atoms with Gasteiger partial charge < -0.3 is 15.0 Å². The normalized spacial score (nSPS) is 12.1. The van der Waals surface area contributed by atoms with Crippen LogP contribution in [-0.2, 0) is 26.2 Å². The molecule has 198 valence electrons. The minimum Gasteiger partial charge on any atom is -0.497 e. The van der Waals surface area contributed by atoms with Crippen LogP contribution in [0.25, 0.3) is 0 Å². The van der Waals surface area contributed by atoms with Crippen molar-refractivity contribution in [3.05, 3.63) is 59.2 Å². The van der Waals surface area contributed by atoms with Gasteiger partial charge >= 0.3 is 0 Å². The maximum absolute atomic E-state index is 13.4. The van der Waals surface area contributed by atoms with Gasteiger partial charge in [-0.25, -0.2) is 8.42 Å². The molecule has 2 aromatic rings. The smallest absolute Gasteiger partial charge is 0.242 e. The van der Waals surface area contributed by atoms with Gasteiger partial charge in [0.2, 0.25) is 21.8 Å². The van der Waals surface area contributed by atoms with E-state index in [1.165, 1.54) is 10.6 Å². The monoisotopic (exact) mass is 517 g/mol. The number of rotatable bonds is 13. The first-order valence-corrected chi connectivity index (χ1v) is 14.1. The first-order chi connectivity index (χ1) is 17.0. The Kier molecular flexibility index (Phi) is 10.8. The zero-order chi connectivity index (χ0) is 26.9. The van der Waals surface area contributed by atoms with Crippen molar-refractivity contribution in [1.29, 1.82) is 0 Å². The van der Waals surface area contributed by atoms with Crippen LogP contribution in [0.1, 0.15) is 49.8 Å². The van der Waals surface area contributed by atoms with E-state index in [4.69, 9.17) is 4.74 Å². The molecule has 0 aliphatic heterocycles. The van der Waals surface area contributed by atoms with E-state index in [-0.39, 0.29) is 31.3 Å². The molecule has 0 heterocycles. The van der Waals surface area contributed by atoms with Gasteiger partial charge in [-0.05, 0) is 74.6 Å². The second-order valence-electron chi connectivity index (χ2n) is 8.90. The predicted molar refractivity (Wildman–Crippen MR) is 144 cm³/mol. The molecule has 0 spiro atoms. The van der Waals surface area contributed by atoms with Crippen LogP contribution < -0.4 is 14.4 Å². The van der Waals surface area contributed by atoms with Crippen LogP contribution in [0.5, 0.6) is 5.75 Å². The number of nitrogens with one attached hydrogen (secondary N) is 1. The summed E-state index contributed by atoms with van der Waals surface area (Å²) < 4.78 is 31.6. The highest BCUT2D eigenvalue weighted by molar-refractivity contribution is 7.92. The Labute approximate surface area is 215 Å². The number of aryl methyl sites for hydroxylation is 2. The lowest BCUT2D eigenvalue weighted by Crippen LogP contribution is -2.49. The van der Waals surface area contributed by atoms with Crippen molar-refractivity contribution >= 4 is 27.5 Å². The van der Waals surface area contributed by atoms with Crippen molar-refractivity contribution in [3.63, 3.8) is 0 Å². The minimum absolute atomic E-state index is 0.114. The number of ether oxygens (including phenoxy) is 1. The van der Waals surface area contributed by atoms with E-state index >= 15 is 0 Å². The number of amides is 2. The fraction of sp³-hybridized carbons (Fsp3) is 0.481. The van der Waals surface area contributed by atoms with Gasteiger partial charge in [-0.15, -0.1) is 0 Å². The van der Waals surface area contributed by atoms with E-state index in [0.29, 0.717) is 30.8 Å². The molecule has 0 saturated carbocycles. The Balaban J connectivity index is 2.21. The maximum atomic E-state index is 13.4. The molecule has 0 aliphatic carbocycles. The molecule has 0 aliphatic rings. The standard InChI is InChI=1S/C27H39N3O5S/c1-7-25(27(32)28-8-2)29(19-22-12-15-24(35-5)16-13-22)26(31)10-9-17-30(36(6,33)34)23-14-11-20(3)21(4)18-23/h11-16,18,25H,7-10,17,19H2,1-6H3,(H,28,32)/t25-/m1/s1. The number of likely N-dealkylation sites (N-methyl/N-ethyl adjacent to an activating group) is 1. The molecule has 9 heteroatoms. The van der Waals surface area contributed by atoms with E-state index in [1.54, 1.807) is 18.1 Å². The first kappa shape index (κ1) is 29.2. The summed E-state index contributed by atoms with van der Waals surface area (Å²) in [7, 11) is -1.94. The molecule has 0 aromatic heterocycles. The van der Waals surface area contributed by atoms with Gasteiger partial charge in [0, 0.05) is 26.1 Å². The molecule has 0 fully saturated rings. The average molecular weight is 518 g/mol. The van der Waals surface area contributed by atoms with Gasteiger partial charge in [0.05, 0.1) is 19.1 Å². The SMILES string of the molecule is CCNC(=O)[C@@H](CC)N(Cc1ccc(OC)cc1)C(=O)CCCN(c1ccc(C)c(C)c1)S(C)(=O)=O. The van der Waals surface area contributed by atoms with Crippen LogP contribution in [0.3, 0.4) is 0 Å². The van der Waals surface area contributed by atoms with Gasteiger partial charge in [-0.2, -0.15) is 0 Å². The number of sulfonamides is 1. The molecule has 1 atom stereocenters. The van der Waals surface area contributed by atoms with Crippen molar-refractivity contribution in [1.82, 2.24) is 10.2 Å². The summed E-state index contributed by atoms with van der Waals surface area (Å²) in [5, 5.41) is 2.82. The Morgan fingerprint density at radius 2 is 1.69 bits per heavy atom. The molecular formula is C27H39N3O5S. The third-order valence-corrected chi connectivity index (χ3v) is 7.37. The third kappa shape index (κ3) is 7.98. The lowest BCUT2D eigenvalue weighted by molar-refractivity contribution is -0.141. The highest BCUT2D eigenvalue weighted by atomic mass is 32.2. The molecule has 0 radical (unpaired) electrons. The third-order valence-electron chi connectivity index (χ3n) is 6.18. The second-order valence-corrected chi connectivity index (χ2v) is 10.8. The van der Waals surface area contributed by atoms with Gasteiger partial charge in [-0.1, -0.05) is 25.1 Å². The highest BCUT2D eigenvalue weighted by Crippen LogP contribution is 2.23. The molecule has 2 amide bonds. The molecule has 0 bridgehead atoms. The number of methoxy groups -OCH3 is 1. The molecule has 8 nitrogen and oxygen atoms in total. The summed E-state index contributed by atoms with van der Waals surface area (Å²) in [6.07, 6.45) is 2.07. The fourth-order valence-electron chi connectivity index (χ4n) is 4.02. The number of hydrogen-bond acceptors (Lipinski definition) is 5. The Hall–Kier alpha value is -3.07. The van der Waals surface area contributed by atoms with E-state index < -0.39 is 16.1 Å². The molecule has 2 aromatic carbocycles. The summed E-state index contributed by atoms with van der Waals surface area (Å²) >= 11 is 0. The molecule has 0 saturated heterocycles. The largest absolute Gasteiger partial charge is 0.497 e. The summed E-state index contributed by atoms with van der Waals surface area (Å²) in [5.74, 6) is 0.312. The zero-order valence-electron chi connectivity index (χ0n) is 22.2. The van der Waals surface area contributed by atoms with Crippen LogP contribution in [-0.4, -0.2) is 57.6 Å². The molecular weight excluding hydrogens is 478 g/mol. The van der Waals surface area contributed by atoms with Crippen molar-refractivity contribution in [2.75, 3.05) is 30.8 Å². The quantitative estimate of drug-likeness (QED) is 0.436. The van der Waals surface area contributed by atoms with Crippen molar-refractivity contribution in [2.45, 2.75) is 59.5 Å². The van der Waals surface area contributed by atoms with Crippen LogP contribution >= 0.6 is 0 Å². The summed E-state index contributed by atoms with van der Waals surface area (Å²) in [6.45, 7) is 8.53. The Morgan fingerprint density at radius 3 is 2.22 bits per heavy atom. The number of hydrogen-bond donors (Lipinski definition) is 1. The van der Waals surface area contributed by atoms with Crippen molar-refractivity contribution in [3.8, 4) is 5.75 Å². The Bertz CT molecular complexity index is 1130. The van der Waals surface area contributed by atoms with Crippen molar-refractivity contribution < 1.29 is 22.7 Å². The fourth-order valence-corrected chi connectivity index (χ4v) is 4.98. The van der Waals surface area contributed by atoms with Crippen molar-refractivity contribution in [2.24, 2.45) is 0 Å².